The van der Waals surface area contributed by atoms with Gasteiger partial charge in [-0.05, 0) is 86.3 Å². The molecule has 4 saturated carbocycles. The summed E-state index contributed by atoms with van der Waals surface area (Å²) in [5.74, 6) is 4.46. The molecule has 0 spiro atoms. The number of fused-ring (bicyclic) bond motifs is 1. The summed E-state index contributed by atoms with van der Waals surface area (Å²) < 4.78 is 6.84. The van der Waals surface area contributed by atoms with Gasteiger partial charge in [0.2, 0.25) is 0 Å². The smallest absolute Gasteiger partial charge is 0.143 e. The molecule has 144 valence electrons. The minimum absolute atomic E-state index is 0.0474. The van der Waals surface area contributed by atoms with Crippen molar-refractivity contribution in [2.45, 2.75) is 51.0 Å². The van der Waals surface area contributed by atoms with Crippen molar-refractivity contribution in [3.05, 3.63) is 41.5 Å². The van der Waals surface area contributed by atoms with E-state index in [1.165, 1.54) is 44.1 Å². The number of thiophene rings is 1. The van der Waals surface area contributed by atoms with Gasteiger partial charge in [0.15, 0.2) is 0 Å². The zero-order valence-electron chi connectivity index (χ0n) is 16.1. The number of hydrogen-bond acceptors (Lipinski definition) is 5. The summed E-state index contributed by atoms with van der Waals surface area (Å²) in [6, 6.07) is 8.35. The molecule has 5 heteroatoms. The van der Waals surface area contributed by atoms with Crippen LogP contribution in [-0.4, -0.2) is 15.6 Å². The van der Waals surface area contributed by atoms with E-state index >= 15 is 0 Å². The predicted molar refractivity (Wildman–Crippen MR) is 113 cm³/mol. The highest BCUT2D eigenvalue weighted by molar-refractivity contribution is 7.17. The third-order valence-electron chi connectivity index (χ3n) is 7.00. The summed E-state index contributed by atoms with van der Waals surface area (Å²) in [6.45, 7) is 2.12. The summed E-state index contributed by atoms with van der Waals surface area (Å²) in [6.07, 6.45) is 9.62. The Hall–Kier alpha value is -2.14. The molecule has 2 heterocycles. The van der Waals surface area contributed by atoms with Crippen molar-refractivity contribution in [3.63, 3.8) is 0 Å². The average molecular weight is 392 g/mol. The first-order valence-electron chi connectivity index (χ1n) is 10.4. The molecule has 1 aromatic carbocycles. The lowest BCUT2D eigenvalue weighted by atomic mass is 9.54. The largest absolute Gasteiger partial charge is 0.485 e. The number of benzene rings is 1. The fourth-order valence-electron chi connectivity index (χ4n) is 6.29. The van der Waals surface area contributed by atoms with Crippen LogP contribution in [0.1, 0.15) is 44.1 Å². The highest BCUT2D eigenvalue weighted by Crippen LogP contribution is 2.57. The Morgan fingerprint density at radius 2 is 1.75 bits per heavy atom. The van der Waals surface area contributed by atoms with Gasteiger partial charge in [0, 0.05) is 0 Å². The first-order chi connectivity index (χ1) is 13.7. The van der Waals surface area contributed by atoms with E-state index in [4.69, 9.17) is 4.74 Å². The monoisotopic (exact) mass is 391 g/mol. The summed E-state index contributed by atoms with van der Waals surface area (Å²) >= 11 is 1.66. The summed E-state index contributed by atoms with van der Waals surface area (Å²) in [5.41, 5.74) is 2.26. The first-order valence-corrected chi connectivity index (χ1v) is 11.3. The Labute approximate surface area is 169 Å². The number of rotatable bonds is 4. The molecule has 28 heavy (non-hydrogen) atoms. The molecule has 0 atom stereocenters. The first kappa shape index (κ1) is 16.8. The van der Waals surface area contributed by atoms with Crippen molar-refractivity contribution < 1.29 is 4.74 Å². The van der Waals surface area contributed by atoms with Crippen LogP contribution in [0.4, 0.5) is 11.5 Å². The van der Waals surface area contributed by atoms with Crippen molar-refractivity contribution >= 4 is 33.1 Å². The normalized spacial score (nSPS) is 30.7. The van der Waals surface area contributed by atoms with Crippen LogP contribution in [0.15, 0.2) is 36.0 Å². The van der Waals surface area contributed by atoms with Crippen LogP contribution in [0.3, 0.4) is 0 Å². The second kappa shape index (κ2) is 6.18. The van der Waals surface area contributed by atoms with Crippen LogP contribution in [0.5, 0.6) is 5.75 Å². The van der Waals surface area contributed by atoms with Gasteiger partial charge in [0.25, 0.3) is 0 Å². The van der Waals surface area contributed by atoms with Crippen molar-refractivity contribution in [3.8, 4) is 5.75 Å². The maximum atomic E-state index is 6.84. The third-order valence-corrected chi connectivity index (χ3v) is 8.01. The molecule has 4 aliphatic carbocycles. The quantitative estimate of drug-likeness (QED) is 0.584. The van der Waals surface area contributed by atoms with Crippen molar-refractivity contribution in [1.82, 2.24) is 9.97 Å². The molecule has 0 radical (unpaired) electrons. The van der Waals surface area contributed by atoms with Crippen molar-refractivity contribution in [2.24, 2.45) is 17.8 Å². The fraction of sp³-hybridized carbons (Fsp3) is 0.478. The van der Waals surface area contributed by atoms with E-state index in [1.807, 2.05) is 0 Å². The van der Waals surface area contributed by atoms with Gasteiger partial charge in [0.05, 0.1) is 11.1 Å². The maximum absolute atomic E-state index is 6.84. The Bertz CT molecular complexity index is 1010. The van der Waals surface area contributed by atoms with E-state index in [2.05, 4.69) is 51.9 Å². The molecular weight excluding hydrogens is 366 g/mol. The fourth-order valence-corrected chi connectivity index (χ4v) is 7.18. The van der Waals surface area contributed by atoms with E-state index in [1.54, 1.807) is 17.7 Å². The predicted octanol–water partition coefficient (Wildman–Crippen LogP) is 6.09. The Morgan fingerprint density at radius 1 is 1.04 bits per heavy atom. The molecule has 0 amide bonds. The summed E-state index contributed by atoms with van der Waals surface area (Å²) in [7, 11) is 0. The lowest BCUT2D eigenvalue weighted by Gasteiger charge is -2.56. The maximum Gasteiger partial charge on any atom is 0.143 e. The van der Waals surface area contributed by atoms with Gasteiger partial charge >= 0.3 is 0 Å². The van der Waals surface area contributed by atoms with Crippen molar-refractivity contribution in [1.29, 1.82) is 0 Å². The lowest BCUT2D eigenvalue weighted by molar-refractivity contribution is -0.107. The Balaban J connectivity index is 1.33. The molecule has 0 saturated heterocycles. The molecular formula is C23H25N3OS. The summed E-state index contributed by atoms with van der Waals surface area (Å²) in [5, 5.41) is 6.81. The number of hydrogen-bond donors (Lipinski definition) is 1. The van der Waals surface area contributed by atoms with Gasteiger partial charge in [-0.25, -0.2) is 9.97 Å². The van der Waals surface area contributed by atoms with Crippen LogP contribution < -0.4 is 10.1 Å². The number of aryl methyl sites for hydroxylation is 1. The SMILES string of the molecule is Cc1csc2ncnc(Nc3ccccc3OC34CC5CC(CC(C5)C3)C4)c12. The van der Waals surface area contributed by atoms with Crippen LogP contribution in [0.25, 0.3) is 10.2 Å². The molecule has 1 N–H and O–H groups in total. The highest BCUT2D eigenvalue weighted by Gasteiger charge is 2.52. The standard InChI is InChI=1S/C23H25N3OS/c1-14-12-28-22-20(14)21(24-13-25-22)26-18-4-2-3-5-19(18)27-23-9-15-6-16(10-23)8-17(7-15)11-23/h2-5,12-13,15-17H,6-11H2,1H3,(H,24,25,26). The number of ether oxygens (including phenoxy) is 1. The number of nitrogens with one attached hydrogen (secondary N) is 1. The van der Waals surface area contributed by atoms with E-state index in [9.17, 15) is 0 Å². The van der Waals surface area contributed by atoms with E-state index in [0.29, 0.717) is 0 Å². The van der Waals surface area contributed by atoms with Gasteiger partial charge in [-0.15, -0.1) is 11.3 Å². The molecule has 4 aliphatic rings. The molecule has 2 aromatic heterocycles. The Morgan fingerprint density at radius 3 is 2.50 bits per heavy atom. The highest BCUT2D eigenvalue weighted by atomic mass is 32.1. The van der Waals surface area contributed by atoms with E-state index in [0.717, 1.165) is 45.2 Å². The zero-order valence-corrected chi connectivity index (χ0v) is 17.0. The topological polar surface area (TPSA) is 47.0 Å². The van der Waals surface area contributed by atoms with Crippen LogP contribution >= 0.6 is 11.3 Å². The van der Waals surface area contributed by atoms with Crippen LogP contribution in [0, 0.1) is 24.7 Å². The van der Waals surface area contributed by atoms with Gasteiger partial charge in [-0.1, -0.05) is 12.1 Å². The van der Waals surface area contributed by atoms with Gasteiger partial charge in [-0.3, -0.25) is 0 Å². The second-order valence-electron chi connectivity index (χ2n) is 9.14. The molecule has 4 fully saturated rings. The number of anilines is 2. The van der Waals surface area contributed by atoms with Gasteiger partial charge in [-0.2, -0.15) is 0 Å². The number of nitrogens with zero attached hydrogens (tertiary/aromatic N) is 2. The third kappa shape index (κ3) is 2.71. The lowest BCUT2D eigenvalue weighted by Crippen LogP contribution is -2.53. The van der Waals surface area contributed by atoms with Gasteiger partial charge < -0.3 is 10.1 Å². The zero-order chi connectivity index (χ0) is 18.7. The number of para-hydroxylation sites is 2. The van der Waals surface area contributed by atoms with Crippen molar-refractivity contribution in [2.75, 3.05) is 5.32 Å². The Kier molecular flexibility index (Phi) is 3.70. The summed E-state index contributed by atoms with van der Waals surface area (Å²) in [4.78, 5) is 9.96. The average Bonchev–Trinajstić information content (AvgIpc) is 3.04. The van der Waals surface area contributed by atoms with Crippen LogP contribution in [0.2, 0.25) is 0 Å². The van der Waals surface area contributed by atoms with E-state index < -0.39 is 0 Å². The van der Waals surface area contributed by atoms with E-state index in [-0.39, 0.29) is 5.60 Å². The molecule has 7 rings (SSSR count). The van der Waals surface area contributed by atoms with Crippen LogP contribution in [-0.2, 0) is 0 Å². The molecule has 3 aromatic rings. The number of aromatic nitrogens is 2. The second-order valence-corrected chi connectivity index (χ2v) is 10.0. The molecule has 4 bridgehead atoms. The molecule has 0 aliphatic heterocycles. The van der Waals surface area contributed by atoms with Gasteiger partial charge in [0.1, 0.15) is 28.3 Å². The molecule has 0 unspecified atom stereocenters. The minimum atomic E-state index is 0.0474. The molecule has 4 nitrogen and oxygen atoms in total. The minimum Gasteiger partial charge on any atom is -0.485 e.